The summed E-state index contributed by atoms with van der Waals surface area (Å²) in [5, 5.41) is 53.9. The van der Waals surface area contributed by atoms with Crippen molar-refractivity contribution >= 4 is 5.91 Å². The zero-order valence-electron chi connectivity index (χ0n) is 37.2. The molecule has 59 heavy (non-hydrogen) atoms. The van der Waals surface area contributed by atoms with Crippen molar-refractivity contribution in [2.45, 2.75) is 224 Å². The third-order valence-electron chi connectivity index (χ3n) is 10.8. The van der Waals surface area contributed by atoms with Gasteiger partial charge in [-0.25, -0.2) is 0 Å². The number of allylic oxidation sites excluding steroid dienone is 11. The van der Waals surface area contributed by atoms with Crippen molar-refractivity contribution in [3.63, 3.8) is 0 Å². The van der Waals surface area contributed by atoms with Crippen LogP contribution in [0.5, 0.6) is 0 Å². The Morgan fingerprint density at radius 2 is 1.05 bits per heavy atom. The summed E-state index contributed by atoms with van der Waals surface area (Å²) in [6.45, 7) is 3.58. The maximum absolute atomic E-state index is 12.9. The normalized spacial score (nSPS) is 21.4. The first-order valence-electron chi connectivity index (χ1n) is 23.7. The van der Waals surface area contributed by atoms with Crippen LogP contribution < -0.4 is 5.32 Å². The highest BCUT2D eigenvalue weighted by molar-refractivity contribution is 5.76. The first-order chi connectivity index (χ1) is 28.8. The van der Waals surface area contributed by atoms with Crippen LogP contribution in [0.25, 0.3) is 0 Å². The highest BCUT2D eigenvalue weighted by Gasteiger charge is 2.44. The molecule has 1 amide bonds. The number of carbonyl (C=O) groups excluding carboxylic acids is 1. The highest BCUT2D eigenvalue weighted by atomic mass is 16.7. The molecule has 9 heteroatoms. The average molecular weight is 830 g/mol. The van der Waals surface area contributed by atoms with E-state index in [-0.39, 0.29) is 12.5 Å². The highest BCUT2D eigenvalue weighted by Crippen LogP contribution is 2.22. The lowest BCUT2D eigenvalue weighted by Crippen LogP contribution is -2.60. The number of amides is 1. The molecular weight excluding hydrogens is 743 g/mol. The number of nitrogens with one attached hydrogen (secondary N) is 1. The molecule has 0 aromatic rings. The van der Waals surface area contributed by atoms with Crippen molar-refractivity contribution in [2.24, 2.45) is 0 Å². The van der Waals surface area contributed by atoms with Crippen LogP contribution in [-0.2, 0) is 14.3 Å². The Morgan fingerprint density at radius 1 is 0.593 bits per heavy atom. The van der Waals surface area contributed by atoms with Crippen LogP contribution >= 0.6 is 0 Å². The summed E-state index contributed by atoms with van der Waals surface area (Å²) >= 11 is 0. The molecule has 7 atom stereocenters. The minimum atomic E-state index is -1.57. The van der Waals surface area contributed by atoms with Gasteiger partial charge in [-0.3, -0.25) is 4.79 Å². The smallest absolute Gasteiger partial charge is 0.220 e. The SMILES string of the molecule is CC/C=C\C/C=C\C/C=C\C/C=C\C/C=C\CCCCCCCCCCCCCCCC(=O)NC(COC1OC(CO)C(O)C(O)C1O)C(O)/C=C/CCCCCCC. The molecule has 0 bridgehead atoms. The fraction of sp³-hybridized carbons (Fsp3) is 0.740. The van der Waals surface area contributed by atoms with Crippen LogP contribution in [0, 0.1) is 0 Å². The zero-order valence-corrected chi connectivity index (χ0v) is 37.2. The van der Waals surface area contributed by atoms with Crippen LogP contribution in [0.2, 0.25) is 0 Å². The predicted octanol–water partition coefficient (Wildman–Crippen LogP) is 10.2. The standard InChI is InChI=1S/C50H87NO8/c1-3-5-7-9-11-12-13-14-15-16-17-18-19-20-21-22-23-24-25-26-27-28-29-30-31-32-34-36-38-40-46(54)51-43(44(53)39-37-35-33-10-8-6-4-2)42-58-50-49(57)48(56)47(55)45(41-52)59-50/h5,7,11-12,14-15,17-18,20-21,37,39,43-45,47-50,52-53,55-57H,3-4,6,8-10,13,16,19,22-36,38,40-42H2,1-2H3,(H,51,54)/b7-5-,12-11-,15-14-,18-17-,21-20-,39-37+. The molecule has 1 rings (SSSR count). The van der Waals surface area contributed by atoms with Crippen molar-refractivity contribution in [3.05, 3.63) is 72.9 Å². The van der Waals surface area contributed by atoms with Gasteiger partial charge < -0.3 is 40.3 Å². The number of aliphatic hydroxyl groups excluding tert-OH is 5. The lowest BCUT2D eigenvalue weighted by atomic mass is 9.99. The number of hydrogen-bond donors (Lipinski definition) is 6. The molecule has 340 valence electrons. The predicted molar refractivity (Wildman–Crippen MR) is 244 cm³/mol. The summed E-state index contributed by atoms with van der Waals surface area (Å²) in [5.41, 5.74) is 0. The van der Waals surface area contributed by atoms with Crippen LogP contribution in [0.4, 0.5) is 0 Å². The molecule has 7 unspecified atom stereocenters. The van der Waals surface area contributed by atoms with E-state index in [1.165, 1.54) is 89.9 Å². The largest absolute Gasteiger partial charge is 0.394 e. The second-order valence-corrected chi connectivity index (χ2v) is 16.2. The third-order valence-corrected chi connectivity index (χ3v) is 10.8. The van der Waals surface area contributed by atoms with Crippen molar-refractivity contribution in [1.29, 1.82) is 0 Å². The van der Waals surface area contributed by atoms with E-state index >= 15 is 0 Å². The van der Waals surface area contributed by atoms with E-state index in [0.717, 1.165) is 70.6 Å². The Hall–Kier alpha value is -2.37. The van der Waals surface area contributed by atoms with E-state index in [0.29, 0.717) is 6.42 Å². The van der Waals surface area contributed by atoms with E-state index in [2.05, 4.69) is 79.9 Å². The minimum absolute atomic E-state index is 0.186. The summed E-state index contributed by atoms with van der Waals surface area (Å²) in [5.74, 6) is -0.186. The monoisotopic (exact) mass is 830 g/mol. The lowest BCUT2D eigenvalue weighted by Gasteiger charge is -2.40. The van der Waals surface area contributed by atoms with Gasteiger partial charge in [-0.15, -0.1) is 0 Å². The molecule has 1 saturated heterocycles. The Balaban J connectivity index is 2.14. The average Bonchev–Trinajstić information content (AvgIpc) is 3.23. The molecule has 1 heterocycles. The van der Waals surface area contributed by atoms with Crippen LogP contribution in [0.3, 0.4) is 0 Å². The van der Waals surface area contributed by atoms with Crippen molar-refractivity contribution in [3.8, 4) is 0 Å². The second kappa shape index (κ2) is 39.7. The molecule has 0 aromatic heterocycles. The Labute approximate surface area is 359 Å². The van der Waals surface area contributed by atoms with Gasteiger partial charge in [-0.1, -0.05) is 183 Å². The van der Waals surface area contributed by atoms with Crippen LogP contribution in [0.15, 0.2) is 72.9 Å². The summed E-state index contributed by atoms with van der Waals surface area (Å²) in [4.78, 5) is 12.9. The summed E-state index contributed by atoms with van der Waals surface area (Å²) in [6.07, 6.45) is 47.0. The van der Waals surface area contributed by atoms with Gasteiger partial charge >= 0.3 is 0 Å². The fourth-order valence-electron chi connectivity index (χ4n) is 7.00. The molecule has 0 aliphatic carbocycles. The number of hydrogen-bond acceptors (Lipinski definition) is 8. The zero-order chi connectivity index (χ0) is 43.0. The Bertz CT molecular complexity index is 1150. The number of carbonyl (C=O) groups is 1. The number of unbranched alkanes of at least 4 members (excludes halogenated alkanes) is 18. The fourth-order valence-corrected chi connectivity index (χ4v) is 7.00. The minimum Gasteiger partial charge on any atom is -0.394 e. The summed E-state index contributed by atoms with van der Waals surface area (Å²) < 4.78 is 11.1. The molecule has 1 aliphatic heterocycles. The lowest BCUT2D eigenvalue weighted by molar-refractivity contribution is -0.302. The quantitative estimate of drug-likeness (QED) is 0.0266. The second-order valence-electron chi connectivity index (χ2n) is 16.2. The molecule has 0 spiro atoms. The van der Waals surface area contributed by atoms with Gasteiger partial charge in [0, 0.05) is 6.42 Å². The molecule has 1 fully saturated rings. The maximum atomic E-state index is 12.9. The van der Waals surface area contributed by atoms with Gasteiger partial charge in [-0.05, 0) is 64.2 Å². The van der Waals surface area contributed by atoms with E-state index < -0.39 is 49.5 Å². The molecule has 0 aromatic carbocycles. The third kappa shape index (κ3) is 30.3. The Morgan fingerprint density at radius 3 is 1.56 bits per heavy atom. The van der Waals surface area contributed by atoms with Crippen molar-refractivity contribution in [1.82, 2.24) is 5.32 Å². The molecule has 1 aliphatic rings. The topological polar surface area (TPSA) is 149 Å². The van der Waals surface area contributed by atoms with Gasteiger partial charge in [-0.2, -0.15) is 0 Å². The number of rotatable bonds is 38. The van der Waals surface area contributed by atoms with Gasteiger partial charge in [0.2, 0.25) is 5.91 Å². The van der Waals surface area contributed by atoms with Gasteiger partial charge in [0.15, 0.2) is 6.29 Å². The van der Waals surface area contributed by atoms with Gasteiger partial charge in [0.05, 0.1) is 25.4 Å². The first-order valence-corrected chi connectivity index (χ1v) is 23.7. The maximum Gasteiger partial charge on any atom is 0.220 e. The molecular formula is C50H87NO8. The molecule has 0 saturated carbocycles. The van der Waals surface area contributed by atoms with E-state index in [1.807, 2.05) is 6.08 Å². The molecule has 0 radical (unpaired) electrons. The first kappa shape index (κ1) is 54.6. The summed E-state index contributed by atoms with van der Waals surface area (Å²) in [7, 11) is 0. The molecule has 9 nitrogen and oxygen atoms in total. The van der Waals surface area contributed by atoms with E-state index in [1.54, 1.807) is 6.08 Å². The number of aliphatic hydroxyl groups is 5. The van der Waals surface area contributed by atoms with Gasteiger partial charge in [0.25, 0.3) is 0 Å². The van der Waals surface area contributed by atoms with Crippen LogP contribution in [0.1, 0.15) is 181 Å². The number of ether oxygens (including phenoxy) is 2. The molecule has 6 N–H and O–H groups in total. The van der Waals surface area contributed by atoms with E-state index in [9.17, 15) is 30.3 Å². The van der Waals surface area contributed by atoms with Gasteiger partial charge in [0.1, 0.15) is 24.4 Å². The van der Waals surface area contributed by atoms with Crippen molar-refractivity contribution in [2.75, 3.05) is 13.2 Å². The Kier molecular flexibility index (Phi) is 36.8. The van der Waals surface area contributed by atoms with Crippen LogP contribution in [-0.4, -0.2) is 87.5 Å². The van der Waals surface area contributed by atoms with E-state index in [4.69, 9.17) is 9.47 Å². The van der Waals surface area contributed by atoms with Crippen molar-refractivity contribution < 1.29 is 39.8 Å². The summed E-state index contributed by atoms with van der Waals surface area (Å²) in [6, 6.07) is -0.805.